The Bertz CT molecular complexity index is 449. The second-order valence-electron chi connectivity index (χ2n) is 4.35. The van der Waals surface area contributed by atoms with Gasteiger partial charge in [-0.25, -0.2) is 4.39 Å². The van der Waals surface area contributed by atoms with Crippen LogP contribution in [0.3, 0.4) is 0 Å². The number of ether oxygens (including phenoxy) is 1. The van der Waals surface area contributed by atoms with E-state index < -0.39 is 6.67 Å². The molecule has 1 atom stereocenters. The Morgan fingerprint density at radius 2 is 2.33 bits per heavy atom. The molecule has 1 heterocycles. The number of halogens is 1. The lowest BCUT2D eigenvalue weighted by Gasteiger charge is -2.21. The maximum atomic E-state index is 12.6. The van der Waals surface area contributed by atoms with Crippen molar-refractivity contribution in [3.8, 4) is 5.75 Å². The Balaban J connectivity index is 2.44. The summed E-state index contributed by atoms with van der Waals surface area (Å²) < 4.78 is 18.1. The van der Waals surface area contributed by atoms with Gasteiger partial charge in [-0.15, -0.1) is 0 Å². The van der Waals surface area contributed by atoms with Crippen LogP contribution in [-0.4, -0.2) is 25.7 Å². The summed E-state index contributed by atoms with van der Waals surface area (Å²) in [6.07, 6.45) is 0.266. The first-order valence-electron chi connectivity index (χ1n) is 6.02. The molecule has 1 aromatic rings. The van der Waals surface area contributed by atoms with Crippen LogP contribution in [0.5, 0.6) is 5.75 Å². The highest BCUT2D eigenvalue weighted by Crippen LogP contribution is 2.33. The Morgan fingerprint density at radius 1 is 1.56 bits per heavy atom. The SMILES string of the molecule is CC(N)c1ccc2c(c1)N(CCF)C(=O)CCO2. The average molecular weight is 252 g/mol. The third kappa shape index (κ3) is 2.46. The fraction of sp³-hybridized carbons (Fsp3) is 0.462. The van der Waals surface area contributed by atoms with Gasteiger partial charge in [-0.1, -0.05) is 6.07 Å². The number of hydrogen-bond acceptors (Lipinski definition) is 3. The molecule has 1 aliphatic heterocycles. The number of rotatable bonds is 3. The first-order chi connectivity index (χ1) is 8.63. The number of alkyl halides is 1. The summed E-state index contributed by atoms with van der Waals surface area (Å²) >= 11 is 0. The fourth-order valence-electron chi connectivity index (χ4n) is 2.00. The van der Waals surface area contributed by atoms with Crippen molar-refractivity contribution in [3.05, 3.63) is 23.8 Å². The molecule has 0 saturated carbocycles. The number of anilines is 1. The summed E-state index contributed by atoms with van der Waals surface area (Å²) in [4.78, 5) is 13.3. The van der Waals surface area contributed by atoms with Crippen molar-refractivity contribution in [2.24, 2.45) is 5.73 Å². The molecule has 0 aliphatic carbocycles. The Labute approximate surface area is 106 Å². The van der Waals surface area contributed by atoms with E-state index in [1.807, 2.05) is 13.0 Å². The van der Waals surface area contributed by atoms with E-state index in [2.05, 4.69) is 0 Å². The number of nitrogens with two attached hydrogens (primary N) is 1. The van der Waals surface area contributed by atoms with Gasteiger partial charge in [0.25, 0.3) is 0 Å². The molecule has 4 nitrogen and oxygen atoms in total. The highest BCUT2D eigenvalue weighted by molar-refractivity contribution is 5.95. The molecule has 0 saturated heterocycles. The third-order valence-electron chi connectivity index (χ3n) is 2.98. The molecule has 1 aromatic carbocycles. The molecule has 2 rings (SSSR count). The zero-order valence-corrected chi connectivity index (χ0v) is 10.4. The molecule has 0 fully saturated rings. The largest absolute Gasteiger partial charge is 0.491 e. The van der Waals surface area contributed by atoms with Gasteiger partial charge in [-0.05, 0) is 24.6 Å². The maximum absolute atomic E-state index is 12.6. The van der Waals surface area contributed by atoms with Crippen molar-refractivity contribution >= 4 is 11.6 Å². The van der Waals surface area contributed by atoms with Crippen LogP contribution in [0.1, 0.15) is 24.9 Å². The highest BCUT2D eigenvalue weighted by atomic mass is 19.1. The van der Waals surface area contributed by atoms with Crippen LogP contribution in [0.25, 0.3) is 0 Å². The van der Waals surface area contributed by atoms with Crippen molar-refractivity contribution < 1.29 is 13.9 Å². The standard InChI is InChI=1S/C13H17FN2O2/c1-9(15)10-2-3-12-11(8-10)16(6-5-14)13(17)4-7-18-12/h2-3,8-9H,4-7,15H2,1H3. The molecule has 2 N–H and O–H groups in total. The molecule has 0 bridgehead atoms. The van der Waals surface area contributed by atoms with Crippen molar-refractivity contribution in [2.45, 2.75) is 19.4 Å². The third-order valence-corrected chi connectivity index (χ3v) is 2.98. The smallest absolute Gasteiger partial charge is 0.230 e. The van der Waals surface area contributed by atoms with Crippen molar-refractivity contribution in [3.63, 3.8) is 0 Å². The van der Waals surface area contributed by atoms with Gasteiger partial charge in [-0.2, -0.15) is 0 Å². The minimum atomic E-state index is -0.576. The summed E-state index contributed by atoms with van der Waals surface area (Å²) in [5.74, 6) is 0.493. The Morgan fingerprint density at radius 3 is 3.00 bits per heavy atom. The van der Waals surface area contributed by atoms with E-state index in [-0.39, 0.29) is 24.9 Å². The number of carbonyl (C=O) groups is 1. The highest BCUT2D eigenvalue weighted by Gasteiger charge is 2.23. The molecular weight excluding hydrogens is 235 g/mol. The van der Waals surface area contributed by atoms with Crippen molar-refractivity contribution in [2.75, 3.05) is 24.7 Å². The lowest BCUT2D eigenvalue weighted by Crippen LogP contribution is -2.32. The molecule has 1 amide bonds. The molecular formula is C13H17FN2O2. The van der Waals surface area contributed by atoms with E-state index in [0.717, 1.165) is 5.56 Å². The van der Waals surface area contributed by atoms with E-state index in [1.165, 1.54) is 4.90 Å². The van der Waals surface area contributed by atoms with Crippen LogP contribution in [0, 0.1) is 0 Å². The Hall–Kier alpha value is -1.62. The van der Waals surface area contributed by atoms with Crippen molar-refractivity contribution in [1.82, 2.24) is 0 Å². The van der Waals surface area contributed by atoms with E-state index in [1.54, 1.807) is 12.1 Å². The van der Waals surface area contributed by atoms with Gasteiger partial charge < -0.3 is 15.4 Å². The van der Waals surface area contributed by atoms with E-state index in [0.29, 0.717) is 18.0 Å². The first-order valence-corrected chi connectivity index (χ1v) is 6.02. The summed E-state index contributed by atoms with van der Waals surface area (Å²) in [7, 11) is 0. The summed E-state index contributed by atoms with van der Waals surface area (Å²) in [5.41, 5.74) is 7.34. The number of carbonyl (C=O) groups excluding carboxylic acids is 1. The zero-order valence-electron chi connectivity index (χ0n) is 10.4. The monoisotopic (exact) mass is 252 g/mol. The van der Waals surface area contributed by atoms with Crippen LogP contribution in [0.2, 0.25) is 0 Å². The Kier molecular flexibility index (Phi) is 3.81. The van der Waals surface area contributed by atoms with Gasteiger partial charge in [0.2, 0.25) is 5.91 Å². The minimum absolute atomic E-state index is 0.0532. The van der Waals surface area contributed by atoms with Crippen LogP contribution in [0.15, 0.2) is 18.2 Å². The quantitative estimate of drug-likeness (QED) is 0.892. The lowest BCUT2D eigenvalue weighted by molar-refractivity contribution is -0.118. The molecule has 0 spiro atoms. The van der Waals surface area contributed by atoms with E-state index >= 15 is 0 Å². The summed E-state index contributed by atoms with van der Waals surface area (Å²) in [6.45, 7) is 1.66. The zero-order chi connectivity index (χ0) is 13.1. The normalized spacial score (nSPS) is 16.8. The number of fused-ring (bicyclic) bond motifs is 1. The lowest BCUT2D eigenvalue weighted by atomic mass is 10.1. The van der Waals surface area contributed by atoms with E-state index in [9.17, 15) is 9.18 Å². The van der Waals surface area contributed by atoms with Gasteiger partial charge >= 0.3 is 0 Å². The minimum Gasteiger partial charge on any atom is -0.491 e. The van der Waals surface area contributed by atoms with Gasteiger partial charge in [0.15, 0.2) is 0 Å². The van der Waals surface area contributed by atoms with Crippen LogP contribution >= 0.6 is 0 Å². The molecule has 98 valence electrons. The number of amides is 1. The van der Waals surface area contributed by atoms with Gasteiger partial charge in [0.05, 0.1) is 25.3 Å². The van der Waals surface area contributed by atoms with Crippen molar-refractivity contribution in [1.29, 1.82) is 0 Å². The predicted octanol–water partition coefficient (Wildman–Crippen LogP) is 1.79. The second kappa shape index (κ2) is 5.35. The molecule has 5 heteroatoms. The summed E-state index contributed by atoms with van der Waals surface area (Å²) in [6, 6.07) is 5.32. The fourth-order valence-corrected chi connectivity index (χ4v) is 2.00. The topological polar surface area (TPSA) is 55.6 Å². The van der Waals surface area contributed by atoms with E-state index in [4.69, 9.17) is 10.5 Å². The molecule has 18 heavy (non-hydrogen) atoms. The summed E-state index contributed by atoms with van der Waals surface area (Å²) in [5, 5.41) is 0. The molecule has 0 aromatic heterocycles. The first kappa shape index (κ1) is 12.8. The van der Waals surface area contributed by atoms with Gasteiger partial charge in [0.1, 0.15) is 12.4 Å². The van der Waals surface area contributed by atoms with Crippen LogP contribution in [0.4, 0.5) is 10.1 Å². The van der Waals surface area contributed by atoms with Gasteiger partial charge in [0, 0.05) is 6.04 Å². The van der Waals surface area contributed by atoms with Gasteiger partial charge in [-0.3, -0.25) is 4.79 Å². The maximum Gasteiger partial charge on any atom is 0.230 e. The number of benzene rings is 1. The molecule has 1 aliphatic rings. The number of nitrogens with zero attached hydrogens (tertiary/aromatic N) is 1. The molecule has 0 radical (unpaired) electrons. The number of hydrogen-bond donors (Lipinski definition) is 1. The average Bonchev–Trinajstić information content (AvgIpc) is 2.50. The molecule has 1 unspecified atom stereocenters. The van der Waals surface area contributed by atoms with Crippen LogP contribution < -0.4 is 15.4 Å². The second-order valence-corrected chi connectivity index (χ2v) is 4.35. The predicted molar refractivity (Wildman–Crippen MR) is 67.5 cm³/mol. The van der Waals surface area contributed by atoms with Crippen LogP contribution in [-0.2, 0) is 4.79 Å².